The molecular weight excluding hydrogens is 320 g/mol. The molecule has 6 nitrogen and oxygen atoms in total. The zero-order valence-electron chi connectivity index (χ0n) is 12.0. The molecule has 22 heavy (non-hydrogen) atoms. The third-order valence-corrected chi connectivity index (χ3v) is 5.14. The number of aryl methyl sites for hydroxylation is 1. The van der Waals surface area contributed by atoms with E-state index < -0.39 is 9.84 Å². The molecule has 0 amide bonds. The molecule has 0 radical (unpaired) electrons. The lowest BCUT2D eigenvalue weighted by Gasteiger charge is -2.23. The fraction of sp³-hybridized carbons (Fsp3) is 0.214. The van der Waals surface area contributed by atoms with E-state index in [0.29, 0.717) is 5.69 Å². The van der Waals surface area contributed by atoms with Crippen LogP contribution in [0.2, 0.25) is 0 Å². The van der Waals surface area contributed by atoms with Crippen LogP contribution < -0.4 is 4.31 Å². The second-order valence-electron chi connectivity index (χ2n) is 4.89. The van der Waals surface area contributed by atoms with Crippen LogP contribution in [-0.4, -0.2) is 30.2 Å². The molecule has 0 spiro atoms. The summed E-state index contributed by atoms with van der Waals surface area (Å²) in [5.74, 6) is 0.823. The topological polar surface area (TPSA) is 75.5 Å². The Hall–Kier alpha value is -1.93. The number of sulfone groups is 1. The van der Waals surface area contributed by atoms with E-state index in [-0.39, 0.29) is 11.1 Å². The van der Waals surface area contributed by atoms with Gasteiger partial charge in [-0.2, -0.15) is 0 Å². The SMILES string of the molecule is Cc1cccnc1N1SC=NC1c1ccc(S(C)(=O)=O)cn1. The first-order chi connectivity index (χ1) is 10.5. The highest BCUT2D eigenvalue weighted by molar-refractivity contribution is 8.13. The van der Waals surface area contributed by atoms with Gasteiger partial charge < -0.3 is 0 Å². The fourth-order valence-electron chi connectivity index (χ4n) is 2.09. The summed E-state index contributed by atoms with van der Waals surface area (Å²) >= 11 is 1.44. The maximum Gasteiger partial charge on any atom is 0.177 e. The molecule has 1 aliphatic heterocycles. The third kappa shape index (κ3) is 2.84. The molecule has 1 aliphatic rings. The van der Waals surface area contributed by atoms with Gasteiger partial charge in [0.1, 0.15) is 5.82 Å². The molecule has 1 atom stereocenters. The van der Waals surface area contributed by atoms with Crippen LogP contribution in [-0.2, 0) is 9.84 Å². The van der Waals surface area contributed by atoms with E-state index >= 15 is 0 Å². The summed E-state index contributed by atoms with van der Waals surface area (Å²) in [7, 11) is -3.25. The second kappa shape index (κ2) is 5.69. The van der Waals surface area contributed by atoms with E-state index in [2.05, 4.69) is 15.0 Å². The minimum atomic E-state index is -3.25. The van der Waals surface area contributed by atoms with Gasteiger partial charge in [-0.25, -0.2) is 13.4 Å². The molecule has 3 heterocycles. The number of hydrogen-bond acceptors (Lipinski definition) is 7. The predicted octanol–water partition coefficient (Wildman–Crippen LogP) is 2.38. The van der Waals surface area contributed by atoms with Crippen molar-refractivity contribution in [3.8, 4) is 0 Å². The largest absolute Gasteiger partial charge is 0.266 e. The van der Waals surface area contributed by atoms with Crippen LogP contribution >= 0.6 is 11.9 Å². The quantitative estimate of drug-likeness (QED) is 0.802. The number of aliphatic imine (C=N–C) groups is 1. The summed E-state index contributed by atoms with van der Waals surface area (Å²) in [6, 6.07) is 7.11. The molecule has 0 fully saturated rings. The van der Waals surface area contributed by atoms with E-state index in [1.54, 1.807) is 23.9 Å². The van der Waals surface area contributed by atoms with E-state index in [1.165, 1.54) is 18.1 Å². The lowest BCUT2D eigenvalue weighted by Crippen LogP contribution is -2.19. The van der Waals surface area contributed by atoms with Gasteiger partial charge in [-0.05, 0) is 30.7 Å². The summed E-state index contributed by atoms with van der Waals surface area (Å²) in [6.07, 6.45) is 3.95. The van der Waals surface area contributed by atoms with Crippen molar-refractivity contribution >= 4 is 33.1 Å². The maximum atomic E-state index is 11.5. The van der Waals surface area contributed by atoms with Crippen molar-refractivity contribution in [1.29, 1.82) is 0 Å². The average molecular weight is 334 g/mol. The standard InChI is InChI=1S/C14H14N4O2S2/c1-10-4-3-7-15-13(10)18-14(17-9-21-18)12-6-5-11(8-16-12)22(2,19)20/h3-9,14H,1-2H3. The molecule has 2 aromatic heterocycles. The van der Waals surface area contributed by atoms with Crippen molar-refractivity contribution in [3.63, 3.8) is 0 Å². The van der Waals surface area contributed by atoms with Gasteiger partial charge in [0.15, 0.2) is 16.0 Å². The Labute approximate surface area is 133 Å². The smallest absolute Gasteiger partial charge is 0.177 e. The molecule has 8 heteroatoms. The maximum absolute atomic E-state index is 11.5. The van der Waals surface area contributed by atoms with E-state index in [0.717, 1.165) is 17.6 Å². The Bertz CT molecular complexity index is 819. The molecule has 0 bridgehead atoms. The van der Waals surface area contributed by atoms with Crippen LogP contribution in [0.5, 0.6) is 0 Å². The first-order valence-electron chi connectivity index (χ1n) is 6.52. The second-order valence-corrected chi connectivity index (χ2v) is 7.72. The Morgan fingerprint density at radius 2 is 2.05 bits per heavy atom. The average Bonchev–Trinajstić information content (AvgIpc) is 2.96. The molecule has 0 aliphatic carbocycles. The third-order valence-electron chi connectivity index (χ3n) is 3.23. The van der Waals surface area contributed by atoms with Gasteiger partial charge in [0.05, 0.1) is 16.1 Å². The van der Waals surface area contributed by atoms with Crippen LogP contribution in [0.1, 0.15) is 17.4 Å². The Morgan fingerprint density at radius 3 is 2.68 bits per heavy atom. The number of nitrogens with zero attached hydrogens (tertiary/aromatic N) is 4. The molecule has 0 saturated heterocycles. The Kier molecular flexibility index (Phi) is 3.88. The zero-order chi connectivity index (χ0) is 15.7. The summed E-state index contributed by atoms with van der Waals surface area (Å²) in [5.41, 5.74) is 3.46. The predicted molar refractivity (Wildman–Crippen MR) is 87.6 cm³/mol. The van der Waals surface area contributed by atoms with Crippen LogP contribution in [0.25, 0.3) is 0 Å². The van der Waals surface area contributed by atoms with E-state index in [4.69, 9.17) is 0 Å². The van der Waals surface area contributed by atoms with Gasteiger partial charge in [0.2, 0.25) is 0 Å². The van der Waals surface area contributed by atoms with Crippen LogP contribution in [0.15, 0.2) is 46.5 Å². The zero-order valence-corrected chi connectivity index (χ0v) is 13.7. The fourth-order valence-corrected chi connectivity index (χ4v) is 3.49. The lowest BCUT2D eigenvalue weighted by atomic mass is 10.2. The van der Waals surface area contributed by atoms with Crippen molar-refractivity contribution in [2.24, 2.45) is 4.99 Å². The van der Waals surface area contributed by atoms with Gasteiger partial charge in [-0.1, -0.05) is 6.07 Å². The first-order valence-corrected chi connectivity index (χ1v) is 9.25. The minimum Gasteiger partial charge on any atom is -0.266 e. The number of pyridine rings is 2. The molecule has 114 valence electrons. The molecule has 3 rings (SSSR count). The highest BCUT2D eigenvalue weighted by Gasteiger charge is 2.27. The number of hydrogen-bond donors (Lipinski definition) is 0. The number of anilines is 1. The van der Waals surface area contributed by atoms with E-state index in [9.17, 15) is 8.42 Å². The van der Waals surface area contributed by atoms with Gasteiger partial charge in [0, 0.05) is 30.6 Å². The van der Waals surface area contributed by atoms with Gasteiger partial charge in [0.25, 0.3) is 0 Å². The van der Waals surface area contributed by atoms with Crippen molar-refractivity contribution < 1.29 is 8.42 Å². The van der Waals surface area contributed by atoms with Crippen molar-refractivity contribution in [1.82, 2.24) is 9.97 Å². The summed E-state index contributed by atoms with van der Waals surface area (Å²) in [5, 5.41) is 0. The Balaban J connectivity index is 1.94. The van der Waals surface area contributed by atoms with Crippen molar-refractivity contribution in [3.05, 3.63) is 47.9 Å². The molecule has 0 N–H and O–H groups in total. The summed E-state index contributed by atoms with van der Waals surface area (Å²) < 4.78 is 25.0. The van der Waals surface area contributed by atoms with Gasteiger partial charge >= 0.3 is 0 Å². The molecule has 2 aromatic rings. The highest BCUT2D eigenvalue weighted by Crippen LogP contribution is 2.37. The van der Waals surface area contributed by atoms with Crippen molar-refractivity contribution in [2.45, 2.75) is 18.0 Å². The highest BCUT2D eigenvalue weighted by atomic mass is 32.2. The summed E-state index contributed by atoms with van der Waals surface area (Å²) in [4.78, 5) is 13.3. The van der Waals surface area contributed by atoms with Crippen LogP contribution in [0.4, 0.5) is 5.82 Å². The monoisotopic (exact) mass is 334 g/mol. The minimum absolute atomic E-state index is 0.200. The number of aromatic nitrogens is 2. The first kappa shape index (κ1) is 15.0. The van der Waals surface area contributed by atoms with E-state index in [1.807, 2.05) is 23.4 Å². The van der Waals surface area contributed by atoms with Crippen molar-refractivity contribution in [2.75, 3.05) is 10.6 Å². The van der Waals surface area contributed by atoms with Crippen LogP contribution in [0, 0.1) is 6.92 Å². The Morgan fingerprint density at radius 1 is 1.23 bits per heavy atom. The normalized spacial score (nSPS) is 17.9. The molecule has 0 aromatic carbocycles. The molecule has 0 saturated carbocycles. The molecule has 1 unspecified atom stereocenters. The van der Waals surface area contributed by atoms with Gasteiger partial charge in [-0.15, -0.1) is 0 Å². The molecular formula is C14H14N4O2S2. The van der Waals surface area contributed by atoms with Gasteiger partial charge in [-0.3, -0.25) is 14.3 Å². The van der Waals surface area contributed by atoms with Crippen LogP contribution in [0.3, 0.4) is 0 Å². The number of rotatable bonds is 3. The lowest BCUT2D eigenvalue weighted by molar-refractivity contribution is 0.601. The summed E-state index contributed by atoms with van der Waals surface area (Å²) in [6.45, 7) is 1.98.